The Balaban J connectivity index is 2.23. The van der Waals surface area contributed by atoms with Crippen molar-refractivity contribution in [3.8, 4) is 0 Å². The topological polar surface area (TPSA) is 46.3 Å². The Hall–Kier alpha value is -0.870. The first-order chi connectivity index (χ1) is 8.20. The molecular weight excluding hydrogens is 256 g/mol. The zero-order chi connectivity index (χ0) is 12.3. The zero-order valence-electron chi connectivity index (χ0n) is 9.49. The fraction of sp³-hybridized carbons (Fsp3) is 0.417. The van der Waals surface area contributed by atoms with Gasteiger partial charge in [-0.15, -0.1) is 0 Å². The minimum Gasteiger partial charge on any atom is -0.398 e. The van der Waals surface area contributed by atoms with Crippen molar-refractivity contribution in [3.05, 3.63) is 28.8 Å². The number of benzene rings is 1. The number of carbonyl (C=O) groups excluding carboxylic acids is 1. The maximum Gasteiger partial charge on any atom is 0.257 e. The standard InChI is InChI=1S/C12H15ClN2OS/c13-9-3-1-4-10(14)11(9)12(16)15-5-2-7-17-8-6-15/h1,3-4H,2,5-8,14H2. The second-order valence-corrected chi connectivity index (χ2v) is 5.59. The van der Waals surface area contributed by atoms with Crippen LogP contribution >= 0.6 is 23.4 Å². The van der Waals surface area contributed by atoms with Crippen molar-refractivity contribution < 1.29 is 4.79 Å². The molecule has 1 amide bonds. The first kappa shape index (κ1) is 12.6. The molecule has 1 fully saturated rings. The lowest BCUT2D eigenvalue weighted by molar-refractivity contribution is 0.0770. The lowest BCUT2D eigenvalue weighted by Crippen LogP contribution is -2.33. The fourth-order valence-corrected chi connectivity index (χ4v) is 3.02. The summed E-state index contributed by atoms with van der Waals surface area (Å²) in [6.07, 6.45) is 1.03. The van der Waals surface area contributed by atoms with Crippen LogP contribution in [-0.4, -0.2) is 35.4 Å². The molecule has 0 aliphatic carbocycles. The molecule has 0 radical (unpaired) electrons. The third-order valence-electron chi connectivity index (χ3n) is 2.77. The van der Waals surface area contributed by atoms with Crippen LogP contribution < -0.4 is 5.73 Å². The molecule has 0 atom stereocenters. The summed E-state index contributed by atoms with van der Waals surface area (Å²) in [5, 5.41) is 0.437. The second-order valence-electron chi connectivity index (χ2n) is 3.96. The number of amides is 1. The largest absolute Gasteiger partial charge is 0.398 e. The summed E-state index contributed by atoms with van der Waals surface area (Å²) >= 11 is 7.93. The van der Waals surface area contributed by atoms with Crippen LogP contribution in [0.3, 0.4) is 0 Å². The number of nitrogen functional groups attached to an aromatic ring is 1. The van der Waals surface area contributed by atoms with E-state index in [0.29, 0.717) is 16.3 Å². The van der Waals surface area contributed by atoms with Crippen molar-refractivity contribution in [1.29, 1.82) is 0 Å². The number of halogens is 1. The van der Waals surface area contributed by atoms with Crippen molar-refractivity contribution in [1.82, 2.24) is 4.90 Å². The number of hydrogen-bond acceptors (Lipinski definition) is 3. The van der Waals surface area contributed by atoms with Gasteiger partial charge in [0.1, 0.15) is 0 Å². The molecule has 2 N–H and O–H groups in total. The maximum atomic E-state index is 12.3. The van der Waals surface area contributed by atoms with Crippen molar-refractivity contribution >= 4 is 35.0 Å². The molecule has 2 rings (SSSR count). The van der Waals surface area contributed by atoms with Gasteiger partial charge in [-0.05, 0) is 24.3 Å². The second kappa shape index (κ2) is 5.65. The van der Waals surface area contributed by atoms with Crippen LogP contribution in [0.15, 0.2) is 18.2 Å². The van der Waals surface area contributed by atoms with Gasteiger partial charge in [0.2, 0.25) is 0 Å². The molecule has 1 saturated heterocycles. The van der Waals surface area contributed by atoms with E-state index in [2.05, 4.69) is 0 Å². The molecule has 0 aromatic heterocycles. The van der Waals surface area contributed by atoms with Gasteiger partial charge in [-0.3, -0.25) is 4.79 Å². The van der Waals surface area contributed by atoms with Gasteiger partial charge in [0.15, 0.2) is 0 Å². The molecule has 0 unspecified atom stereocenters. The van der Waals surface area contributed by atoms with Gasteiger partial charge in [-0.25, -0.2) is 0 Å². The molecule has 92 valence electrons. The number of rotatable bonds is 1. The van der Waals surface area contributed by atoms with Crippen molar-refractivity contribution in [3.63, 3.8) is 0 Å². The lowest BCUT2D eigenvalue weighted by Gasteiger charge is -2.21. The number of nitrogens with two attached hydrogens (primary N) is 1. The lowest BCUT2D eigenvalue weighted by atomic mass is 10.1. The number of thioether (sulfide) groups is 1. The smallest absolute Gasteiger partial charge is 0.257 e. The van der Waals surface area contributed by atoms with Crippen LogP contribution in [0.25, 0.3) is 0 Å². The summed E-state index contributed by atoms with van der Waals surface area (Å²) in [6.45, 7) is 1.56. The van der Waals surface area contributed by atoms with Crippen LogP contribution in [0.5, 0.6) is 0 Å². The molecule has 3 nitrogen and oxygen atoms in total. The maximum absolute atomic E-state index is 12.3. The highest BCUT2D eigenvalue weighted by atomic mass is 35.5. The molecule has 0 spiro atoms. The first-order valence-corrected chi connectivity index (χ1v) is 7.14. The highest BCUT2D eigenvalue weighted by Gasteiger charge is 2.21. The predicted octanol–water partition coefficient (Wildman–Crippen LogP) is 2.50. The summed E-state index contributed by atoms with van der Waals surface area (Å²) in [7, 11) is 0. The monoisotopic (exact) mass is 270 g/mol. The van der Waals surface area contributed by atoms with Crippen LogP contribution in [0.4, 0.5) is 5.69 Å². The van der Waals surface area contributed by atoms with Gasteiger partial charge < -0.3 is 10.6 Å². The van der Waals surface area contributed by atoms with Crippen molar-refractivity contribution in [2.45, 2.75) is 6.42 Å². The molecule has 17 heavy (non-hydrogen) atoms. The molecule has 5 heteroatoms. The van der Waals surface area contributed by atoms with E-state index in [-0.39, 0.29) is 5.91 Å². The quantitative estimate of drug-likeness (QED) is 0.798. The zero-order valence-corrected chi connectivity index (χ0v) is 11.1. The number of nitrogens with zero attached hydrogens (tertiary/aromatic N) is 1. The average Bonchev–Trinajstić information content (AvgIpc) is 2.57. The van der Waals surface area contributed by atoms with E-state index in [1.165, 1.54) is 0 Å². The van der Waals surface area contributed by atoms with E-state index in [9.17, 15) is 4.79 Å². The first-order valence-electron chi connectivity index (χ1n) is 5.61. The third-order valence-corrected chi connectivity index (χ3v) is 4.13. The van der Waals surface area contributed by atoms with Crippen LogP contribution in [-0.2, 0) is 0 Å². The molecule has 1 heterocycles. The molecule has 0 bridgehead atoms. The van der Waals surface area contributed by atoms with Gasteiger partial charge >= 0.3 is 0 Å². The molecule has 0 saturated carbocycles. The van der Waals surface area contributed by atoms with Gasteiger partial charge in [-0.1, -0.05) is 17.7 Å². The van der Waals surface area contributed by atoms with Crippen molar-refractivity contribution in [2.75, 3.05) is 30.3 Å². The Bertz CT molecular complexity index is 397. The summed E-state index contributed by atoms with van der Waals surface area (Å²) < 4.78 is 0. The Kier molecular flexibility index (Phi) is 4.18. The van der Waals surface area contributed by atoms with E-state index in [1.807, 2.05) is 16.7 Å². The van der Waals surface area contributed by atoms with Crippen LogP contribution in [0.2, 0.25) is 5.02 Å². The highest BCUT2D eigenvalue weighted by Crippen LogP contribution is 2.24. The molecule has 1 aromatic carbocycles. The van der Waals surface area contributed by atoms with E-state index >= 15 is 0 Å². The van der Waals surface area contributed by atoms with Crippen LogP contribution in [0, 0.1) is 0 Å². The van der Waals surface area contributed by atoms with Crippen molar-refractivity contribution in [2.24, 2.45) is 0 Å². The third kappa shape index (κ3) is 2.87. The van der Waals surface area contributed by atoms with Gasteiger partial charge in [0, 0.05) is 24.5 Å². The SMILES string of the molecule is Nc1cccc(Cl)c1C(=O)N1CCCSCC1. The Morgan fingerprint density at radius 3 is 2.94 bits per heavy atom. The Labute approximate surface area is 110 Å². The number of anilines is 1. The molecule has 1 aliphatic rings. The minimum atomic E-state index is -0.0457. The summed E-state index contributed by atoms with van der Waals surface area (Å²) in [6, 6.07) is 5.18. The number of hydrogen-bond donors (Lipinski definition) is 1. The van der Waals surface area contributed by atoms with Gasteiger partial charge in [0.05, 0.1) is 10.6 Å². The highest BCUT2D eigenvalue weighted by molar-refractivity contribution is 7.99. The van der Waals surface area contributed by atoms with E-state index in [0.717, 1.165) is 31.0 Å². The summed E-state index contributed by atoms with van der Waals surface area (Å²) in [4.78, 5) is 14.2. The van der Waals surface area contributed by atoms with Crippen LogP contribution in [0.1, 0.15) is 16.8 Å². The van der Waals surface area contributed by atoms with E-state index in [4.69, 9.17) is 17.3 Å². The Morgan fingerprint density at radius 2 is 2.18 bits per heavy atom. The Morgan fingerprint density at radius 1 is 1.35 bits per heavy atom. The average molecular weight is 271 g/mol. The summed E-state index contributed by atoms with van der Waals surface area (Å²) in [5.74, 6) is 2.05. The molecular formula is C12H15ClN2OS. The molecule has 1 aliphatic heterocycles. The van der Waals surface area contributed by atoms with Gasteiger partial charge in [-0.2, -0.15) is 11.8 Å². The molecule has 1 aromatic rings. The van der Waals surface area contributed by atoms with E-state index < -0.39 is 0 Å². The fourth-order valence-electron chi connectivity index (χ4n) is 1.87. The predicted molar refractivity (Wildman–Crippen MR) is 73.7 cm³/mol. The van der Waals surface area contributed by atoms with E-state index in [1.54, 1.807) is 18.2 Å². The number of carbonyl (C=O) groups is 1. The normalized spacial score (nSPS) is 16.6. The minimum absolute atomic E-state index is 0.0457. The van der Waals surface area contributed by atoms with Gasteiger partial charge in [0.25, 0.3) is 5.91 Å². The summed E-state index contributed by atoms with van der Waals surface area (Å²) in [5.41, 5.74) is 6.73.